The summed E-state index contributed by atoms with van der Waals surface area (Å²) < 4.78 is 0. The summed E-state index contributed by atoms with van der Waals surface area (Å²) in [6.07, 6.45) is 0.955. The van der Waals surface area contributed by atoms with Gasteiger partial charge in [-0.05, 0) is 98.5 Å². The Hall–Kier alpha value is -3.08. The predicted molar refractivity (Wildman–Crippen MR) is 196 cm³/mol. The molecule has 6 aromatic rings. The van der Waals surface area contributed by atoms with E-state index in [4.69, 9.17) is 11.8 Å². The van der Waals surface area contributed by atoms with Gasteiger partial charge in [0.1, 0.15) is 0 Å². The monoisotopic (exact) mass is 612 g/mol. The van der Waals surface area contributed by atoms with Crippen molar-refractivity contribution in [1.82, 2.24) is 0 Å². The number of hydrogen-bond donors (Lipinski definition) is 0. The van der Waals surface area contributed by atoms with Crippen LogP contribution < -0.4 is 10.6 Å². The Balaban J connectivity index is 1.70. The molecule has 0 aliphatic carbocycles. The fraction of sp³-hybridized carbons (Fsp3) is 0.200. The molecule has 3 heteroatoms. The van der Waals surface area contributed by atoms with Crippen LogP contribution >= 0.6 is 14.0 Å². The van der Waals surface area contributed by atoms with Gasteiger partial charge in [-0.1, -0.05) is 154 Å². The van der Waals surface area contributed by atoms with Gasteiger partial charge in [0.15, 0.2) is 0 Å². The van der Waals surface area contributed by atoms with E-state index in [1.165, 1.54) is 65.5 Å². The first-order valence-corrected chi connectivity index (χ1v) is 19.7. The van der Waals surface area contributed by atoms with Crippen molar-refractivity contribution in [2.24, 2.45) is 0 Å². The average molecular weight is 613 g/mol. The number of hydrogen-bond acceptors (Lipinski definition) is 1. The van der Waals surface area contributed by atoms with E-state index >= 15 is 0 Å². The zero-order chi connectivity index (χ0) is 29.9. The Morgan fingerprint density at radius 2 is 1.09 bits per heavy atom. The van der Waals surface area contributed by atoms with Crippen LogP contribution in [-0.4, -0.2) is 5.16 Å². The van der Waals surface area contributed by atoms with Crippen LogP contribution in [0.5, 0.6) is 0 Å². The molecular formula is C40H38P2S. The highest BCUT2D eigenvalue weighted by atomic mass is 32.4. The van der Waals surface area contributed by atoms with Crippen LogP contribution in [0.1, 0.15) is 48.4 Å². The van der Waals surface area contributed by atoms with Crippen molar-refractivity contribution in [2.45, 2.75) is 51.3 Å². The van der Waals surface area contributed by atoms with Crippen LogP contribution in [0.3, 0.4) is 0 Å². The maximum absolute atomic E-state index is 7.29. The first-order valence-electron chi connectivity index (χ1n) is 15.2. The van der Waals surface area contributed by atoms with Gasteiger partial charge in [-0.2, -0.15) is 0 Å². The molecule has 0 fully saturated rings. The van der Waals surface area contributed by atoms with Gasteiger partial charge in [-0.3, -0.25) is 0 Å². The van der Waals surface area contributed by atoms with Crippen molar-refractivity contribution in [2.75, 3.05) is 0 Å². The van der Waals surface area contributed by atoms with E-state index in [1.807, 2.05) is 0 Å². The van der Waals surface area contributed by atoms with E-state index in [-0.39, 0.29) is 10.6 Å². The average Bonchev–Trinajstić information content (AvgIpc) is 3.12. The molecule has 0 radical (unpaired) electrons. The molecule has 0 saturated carbocycles. The van der Waals surface area contributed by atoms with Gasteiger partial charge >= 0.3 is 0 Å². The van der Waals surface area contributed by atoms with Gasteiger partial charge in [0.05, 0.1) is 0 Å². The van der Waals surface area contributed by atoms with E-state index < -0.39 is 14.0 Å². The number of benzene rings is 6. The zero-order valence-electron chi connectivity index (χ0n) is 25.6. The third-order valence-corrected chi connectivity index (χ3v) is 21.4. The van der Waals surface area contributed by atoms with Crippen molar-refractivity contribution in [3.63, 3.8) is 0 Å². The maximum atomic E-state index is 7.29. The fourth-order valence-electron chi connectivity index (χ4n) is 7.08. The summed E-state index contributed by atoms with van der Waals surface area (Å²) in [5.74, 6) is 0. The zero-order valence-corrected chi connectivity index (χ0v) is 28.2. The summed E-state index contributed by atoms with van der Waals surface area (Å²) in [5, 5.41) is 8.38. The van der Waals surface area contributed by atoms with Crippen molar-refractivity contribution >= 4 is 57.9 Å². The molecule has 43 heavy (non-hydrogen) atoms. The molecule has 214 valence electrons. The molecule has 6 aromatic carbocycles. The number of fused-ring (bicyclic) bond motifs is 7. The molecule has 0 amide bonds. The minimum atomic E-state index is -2.14. The topological polar surface area (TPSA) is 0 Å². The molecule has 0 bridgehead atoms. The van der Waals surface area contributed by atoms with Crippen LogP contribution in [0.25, 0.3) is 32.7 Å². The van der Waals surface area contributed by atoms with Crippen molar-refractivity contribution in [3.8, 4) is 11.1 Å². The summed E-state index contributed by atoms with van der Waals surface area (Å²) in [6.45, 7) is 11.9. The van der Waals surface area contributed by atoms with Crippen LogP contribution in [0.2, 0.25) is 0 Å². The van der Waals surface area contributed by atoms with E-state index in [9.17, 15) is 0 Å². The summed E-state index contributed by atoms with van der Waals surface area (Å²) in [5.41, 5.74) is 8.39. The molecule has 1 heterocycles. The lowest BCUT2D eigenvalue weighted by atomic mass is 9.88. The van der Waals surface area contributed by atoms with Crippen LogP contribution in [0.4, 0.5) is 0 Å². The second-order valence-electron chi connectivity index (χ2n) is 13.0. The van der Waals surface area contributed by atoms with E-state index in [1.54, 1.807) is 0 Å². The van der Waals surface area contributed by atoms with Crippen molar-refractivity contribution < 1.29 is 0 Å². The Labute approximate surface area is 262 Å². The van der Waals surface area contributed by atoms with E-state index in [0.29, 0.717) is 0 Å². The lowest BCUT2D eigenvalue weighted by Gasteiger charge is -2.45. The lowest BCUT2D eigenvalue weighted by molar-refractivity contribution is 0.774. The van der Waals surface area contributed by atoms with Gasteiger partial charge in [0, 0.05) is 11.6 Å². The third-order valence-electron chi connectivity index (χ3n) is 9.44. The molecule has 0 aromatic heterocycles. The number of aryl methyl sites for hydroxylation is 2. The molecule has 0 spiro atoms. The highest BCUT2D eigenvalue weighted by Crippen LogP contribution is 2.81. The third kappa shape index (κ3) is 4.64. The van der Waals surface area contributed by atoms with Gasteiger partial charge in [-0.15, -0.1) is 0 Å². The van der Waals surface area contributed by atoms with Crippen LogP contribution in [-0.2, 0) is 18.0 Å². The Morgan fingerprint density at radius 1 is 0.605 bits per heavy atom. The Bertz CT molecular complexity index is 2020. The minimum absolute atomic E-state index is 0.0326. The minimum Gasteiger partial charge on any atom is -0.0956 e. The van der Waals surface area contributed by atoms with Crippen LogP contribution in [0.15, 0.2) is 121 Å². The smallest absolute Gasteiger partial charge is 0.0428 e. The predicted octanol–water partition coefficient (Wildman–Crippen LogP) is 11.2. The van der Waals surface area contributed by atoms with Gasteiger partial charge in [0.2, 0.25) is 0 Å². The Morgan fingerprint density at radius 3 is 1.65 bits per heavy atom. The first-order chi connectivity index (χ1) is 20.7. The largest absolute Gasteiger partial charge is 0.0956 e. The molecule has 2 atom stereocenters. The second kappa shape index (κ2) is 10.8. The molecule has 0 saturated heterocycles. The summed E-state index contributed by atoms with van der Waals surface area (Å²) >= 11 is 7.29. The first kappa shape index (κ1) is 28.7. The summed E-state index contributed by atoms with van der Waals surface area (Å²) in [4.78, 5) is 0. The molecule has 7 rings (SSSR count). The van der Waals surface area contributed by atoms with Gasteiger partial charge in [-0.25, -0.2) is 0 Å². The second-order valence-corrected chi connectivity index (χ2v) is 21.4. The van der Waals surface area contributed by atoms with Crippen molar-refractivity contribution in [1.29, 1.82) is 0 Å². The van der Waals surface area contributed by atoms with Crippen LogP contribution in [0, 0.1) is 13.8 Å². The molecule has 0 N–H and O–H groups in total. The quantitative estimate of drug-likeness (QED) is 0.179. The highest BCUT2D eigenvalue weighted by molar-refractivity contribution is 8.18. The normalized spacial score (nSPS) is 18.4. The lowest BCUT2D eigenvalue weighted by Crippen LogP contribution is -2.26. The van der Waals surface area contributed by atoms with Crippen molar-refractivity contribution in [3.05, 3.63) is 144 Å². The van der Waals surface area contributed by atoms with E-state index in [2.05, 4.69) is 156 Å². The Kier molecular flexibility index (Phi) is 7.22. The molecule has 0 nitrogen and oxygen atoms in total. The standard InChI is InChI=1S/C40H38P2S/c1-27-14-6-12-20-35(27)41(36-21-13-7-15-28(36)2)39-34-25-24-30-17-9-11-19-33(30)38(34)37-31(26-42(39,43)40(3,4)5)23-22-29-16-8-10-18-32(29)37/h6-25,39H,26H2,1-5H3/t39-,42?/m1/s1. The van der Waals surface area contributed by atoms with E-state index in [0.717, 1.165) is 6.16 Å². The van der Waals surface area contributed by atoms with Gasteiger partial charge < -0.3 is 0 Å². The molecule has 1 aliphatic rings. The van der Waals surface area contributed by atoms with Gasteiger partial charge in [0.25, 0.3) is 0 Å². The molecule has 1 unspecified atom stereocenters. The molecular weight excluding hydrogens is 574 g/mol. The molecule has 1 aliphatic heterocycles. The maximum Gasteiger partial charge on any atom is 0.0428 e. The number of rotatable bonds is 3. The highest BCUT2D eigenvalue weighted by Gasteiger charge is 2.48. The summed E-state index contributed by atoms with van der Waals surface area (Å²) in [6, 6.07) is 43.6. The summed E-state index contributed by atoms with van der Waals surface area (Å²) in [7, 11) is -0.822. The SMILES string of the molecule is Cc1ccccc1P(c1ccccc1C)[C@H]1c2ccc3ccccc3c2-c2c(ccc3ccccc23)CP1(=S)C(C)(C)C. The fourth-order valence-corrected chi connectivity index (χ4v) is 17.7.